The lowest BCUT2D eigenvalue weighted by molar-refractivity contribution is 0.101. The molecule has 1 aromatic carbocycles. The van der Waals surface area contributed by atoms with Crippen molar-refractivity contribution in [1.29, 1.82) is 0 Å². The van der Waals surface area contributed by atoms with E-state index in [1.165, 1.54) is 0 Å². The maximum atomic E-state index is 11.1. The Kier molecular flexibility index (Phi) is 1.27. The van der Waals surface area contributed by atoms with E-state index in [0.29, 0.717) is 11.3 Å². The van der Waals surface area contributed by atoms with E-state index in [1.54, 1.807) is 12.3 Å². The molecule has 3 nitrogen and oxygen atoms in total. The zero-order chi connectivity index (χ0) is 8.72. The van der Waals surface area contributed by atoms with Crippen LogP contribution < -0.4 is 5.73 Å². The van der Waals surface area contributed by atoms with Crippen LogP contribution in [-0.4, -0.2) is 12.1 Å². The zero-order valence-corrected chi connectivity index (χ0v) is 6.66. The lowest BCUT2D eigenvalue weighted by atomic mass is 10.1. The van der Waals surface area contributed by atoms with Gasteiger partial charge in [0.05, 0.1) is 5.56 Å². The van der Waals surface area contributed by atoms with E-state index in [1.807, 2.05) is 13.0 Å². The Bertz CT molecular complexity index is 394. The van der Waals surface area contributed by atoms with Gasteiger partial charge in [0.2, 0.25) is 0 Å². The average molecular weight is 160 g/mol. The number of carbonyl (C=O) groups is 1. The Hall–Kier alpha value is -1.64. The number of carbonyl (C=O) groups excluding carboxylic acids is 1. The molecule has 1 heterocycles. The molecule has 1 amide bonds. The largest absolute Gasteiger partial charge is 0.398 e. The number of nitrogens with zero attached hydrogens (tertiary/aromatic N) is 1. The number of hydrogen-bond acceptors (Lipinski definition) is 2. The van der Waals surface area contributed by atoms with Gasteiger partial charge in [-0.2, -0.15) is 0 Å². The number of anilines is 1. The maximum absolute atomic E-state index is 11.1. The SMILES string of the molecule is Cc1cc2c(cc1N)C(=O)N=C2. The van der Waals surface area contributed by atoms with Gasteiger partial charge in [-0.1, -0.05) is 0 Å². The number of hydrogen-bond donors (Lipinski definition) is 1. The minimum Gasteiger partial charge on any atom is -0.398 e. The third-order valence-electron chi connectivity index (χ3n) is 1.99. The van der Waals surface area contributed by atoms with E-state index in [4.69, 9.17) is 5.73 Å². The van der Waals surface area contributed by atoms with Crippen LogP contribution in [0.4, 0.5) is 5.69 Å². The van der Waals surface area contributed by atoms with Gasteiger partial charge >= 0.3 is 0 Å². The summed E-state index contributed by atoms with van der Waals surface area (Å²) in [7, 11) is 0. The quantitative estimate of drug-likeness (QED) is 0.579. The molecule has 0 unspecified atom stereocenters. The Morgan fingerprint density at radius 1 is 1.42 bits per heavy atom. The van der Waals surface area contributed by atoms with Crippen molar-refractivity contribution in [2.24, 2.45) is 4.99 Å². The molecule has 0 aliphatic carbocycles. The van der Waals surface area contributed by atoms with Gasteiger partial charge in [-0.3, -0.25) is 4.79 Å². The molecule has 0 atom stereocenters. The highest BCUT2D eigenvalue weighted by Crippen LogP contribution is 2.21. The highest BCUT2D eigenvalue weighted by atomic mass is 16.1. The first-order valence-corrected chi connectivity index (χ1v) is 3.67. The molecule has 0 radical (unpaired) electrons. The summed E-state index contributed by atoms with van der Waals surface area (Å²) in [5.41, 5.74) is 8.75. The smallest absolute Gasteiger partial charge is 0.277 e. The summed E-state index contributed by atoms with van der Waals surface area (Å²) in [6.07, 6.45) is 1.57. The molecule has 0 saturated carbocycles. The van der Waals surface area contributed by atoms with E-state index in [0.717, 1.165) is 11.1 Å². The summed E-state index contributed by atoms with van der Waals surface area (Å²) in [6, 6.07) is 3.55. The molecule has 3 heteroatoms. The van der Waals surface area contributed by atoms with Gasteiger partial charge in [0, 0.05) is 17.5 Å². The highest BCUT2D eigenvalue weighted by Gasteiger charge is 2.15. The van der Waals surface area contributed by atoms with Gasteiger partial charge in [-0.05, 0) is 24.6 Å². The molecular weight excluding hydrogens is 152 g/mol. The topological polar surface area (TPSA) is 55.5 Å². The molecule has 1 aliphatic heterocycles. The summed E-state index contributed by atoms with van der Waals surface area (Å²) >= 11 is 0. The van der Waals surface area contributed by atoms with Crippen molar-refractivity contribution < 1.29 is 4.79 Å². The van der Waals surface area contributed by atoms with Crippen LogP contribution in [0.5, 0.6) is 0 Å². The van der Waals surface area contributed by atoms with Crippen LogP contribution in [0.25, 0.3) is 0 Å². The molecule has 2 rings (SSSR count). The van der Waals surface area contributed by atoms with Gasteiger partial charge in [-0.15, -0.1) is 0 Å². The fourth-order valence-electron chi connectivity index (χ4n) is 1.24. The van der Waals surface area contributed by atoms with Crippen molar-refractivity contribution in [2.75, 3.05) is 5.73 Å². The summed E-state index contributed by atoms with van der Waals surface area (Å²) in [5.74, 6) is -0.197. The fraction of sp³-hybridized carbons (Fsp3) is 0.111. The molecule has 1 aromatic rings. The number of nitrogen functional groups attached to an aromatic ring is 1. The van der Waals surface area contributed by atoms with Gasteiger partial charge < -0.3 is 5.73 Å². The Balaban J connectivity index is 2.69. The van der Waals surface area contributed by atoms with Crippen LogP contribution in [0, 0.1) is 6.92 Å². The van der Waals surface area contributed by atoms with Crippen molar-refractivity contribution in [3.8, 4) is 0 Å². The molecule has 0 aromatic heterocycles. The molecule has 0 saturated heterocycles. The number of fused-ring (bicyclic) bond motifs is 1. The van der Waals surface area contributed by atoms with Gasteiger partial charge in [0.25, 0.3) is 5.91 Å². The molecular formula is C9H8N2O. The third-order valence-corrected chi connectivity index (χ3v) is 1.99. The monoisotopic (exact) mass is 160 g/mol. The Labute approximate surface area is 69.9 Å². The predicted octanol–water partition coefficient (Wildman–Crippen LogP) is 1.15. The number of amides is 1. The molecule has 0 bridgehead atoms. The van der Waals surface area contributed by atoms with Gasteiger partial charge in [0.1, 0.15) is 0 Å². The molecule has 0 fully saturated rings. The lowest BCUT2D eigenvalue weighted by Gasteiger charge is -2.01. The number of rotatable bonds is 0. The first-order valence-electron chi connectivity index (χ1n) is 3.67. The van der Waals surface area contributed by atoms with Crippen LogP contribution in [0.15, 0.2) is 17.1 Å². The van der Waals surface area contributed by atoms with E-state index in [9.17, 15) is 4.79 Å². The number of nitrogens with two attached hydrogens (primary N) is 1. The van der Waals surface area contributed by atoms with Gasteiger partial charge in [0.15, 0.2) is 0 Å². The Morgan fingerprint density at radius 2 is 2.17 bits per heavy atom. The van der Waals surface area contributed by atoms with E-state index >= 15 is 0 Å². The van der Waals surface area contributed by atoms with Crippen molar-refractivity contribution in [2.45, 2.75) is 6.92 Å². The van der Waals surface area contributed by atoms with Crippen LogP contribution in [0.3, 0.4) is 0 Å². The van der Waals surface area contributed by atoms with Gasteiger partial charge in [-0.25, -0.2) is 4.99 Å². The van der Waals surface area contributed by atoms with Crippen LogP contribution in [-0.2, 0) is 0 Å². The van der Waals surface area contributed by atoms with Crippen LogP contribution in [0.2, 0.25) is 0 Å². The number of benzene rings is 1. The molecule has 2 N–H and O–H groups in total. The van der Waals surface area contributed by atoms with E-state index in [2.05, 4.69) is 4.99 Å². The maximum Gasteiger partial charge on any atom is 0.277 e. The average Bonchev–Trinajstić information content (AvgIpc) is 2.35. The predicted molar refractivity (Wildman–Crippen MR) is 47.5 cm³/mol. The minimum absolute atomic E-state index is 0.197. The van der Waals surface area contributed by atoms with E-state index < -0.39 is 0 Å². The number of aliphatic imine (C=N–C) groups is 1. The van der Waals surface area contributed by atoms with Crippen molar-refractivity contribution in [3.63, 3.8) is 0 Å². The fourth-order valence-corrected chi connectivity index (χ4v) is 1.24. The first kappa shape index (κ1) is 7.03. The second kappa shape index (κ2) is 2.17. The molecule has 60 valence electrons. The zero-order valence-electron chi connectivity index (χ0n) is 6.66. The summed E-state index contributed by atoms with van der Waals surface area (Å²) in [4.78, 5) is 14.7. The van der Waals surface area contributed by atoms with Crippen molar-refractivity contribution in [3.05, 3.63) is 28.8 Å². The third kappa shape index (κ3) is 0.830. The van der Waals surface area contributed by atoms with Crippen LogP contribution in [0.1, 0.15) is 21.5 Å². The van der Waals surface area contributed by atoms with Crippen molar-refractivity contribution in [1.82, 2.24) is 0 Å². The Morgan fingerprint density at radius 3 is 2.92 bits per heavy atom. The highest BCUT2D eigenvalue weighted by molar-refractivity contribution is 6.13. The minimum atomic E-state index is -0.197. The van der Waals surface area contributed by atoms with Crippen molar-refractivity contribution >= 4 is 17.8 Å². The molecule has 0 spiro atoms. The standard InChI is InChI=1S/C9H8N2O/c1-5-2-6-4-11-9(12)7(6)3-8(5)10/h2-4H,10H2,1H3. The lowest BCUT2D eigenvalue weighted by Crippen LogP contribution is -1.97. The number of aryl methyl sites for hydroxylation is 1. The van der Waals surface area contributed by atoms with E-state index in [-0.39, 0.29) is 5.91 Å². The molecule has 1 aliphatic rings. The summed E-state index contributed by atoms with van der Waals surface area (Å²) < 4.78 is 0. The first-order chi connectivity index (χ1) is 5.68. The normalized spacial score (nSPS) is 13.6. The second-order valence-electron chi connectivity index (χ2n) is 2.86. The molecule has 12 heavy (non-hydrogen) atoms. The van der Waals surface area contributed by atoms with Crippen LogP contribution >= 0.6 is 0 Å². The summed E-state index contributed by atoms with van der Waals surface area (Å²) in [5, 5.41) is 0. The second-order valence-corrected chi connectivity index (χ2v) is 2.86. The summed E-state index contributed by atoms with van der Waals surface area (Å²) in [6.45, 7) is 1.91.